The first-order valence-corrected chi connectivity index (χ1v) is 6.47. The van der Waals surface area contributed by atoms with Gasteiger partial charge in [-0.15, -0.1) is 0 Å². The predicted molar refractivity (Wildman–Crippen MR) is 69.5 cm³/mol. The zero-order valence-corrected chi connectivity index (χ0v) is 10.7. The molecule has 1 aliphatic rings. The fraction of sp³-hybridized carbons (Fsp3) is 0.500. The van der Waals surface area contributed by atoms with E-state index in [0.29, 0.717) is 12.2 Å². The number of benzene rings is 1. The molecule has 0 radical (unpaired) electrons. The molecule has 1 aromatic carbocycles. The molecule has 1 N–H and O–H groups in total. The lowest BCUT2D eigenvalue weighted by Gasteiger charge is -2.16. The molecule has 0 saturated carbocycles. The van der Waals surface area contributed by atoms with Crippen molar-refractivity contribution in [3.8, 4) is 5.75 Å². The van der Waals surface area contributed by atoms with Crippen LogP contribution in [-0.4, -0.2) is 48.4 Å². The molecule has 4 nitrogen and oxygen atoms in total. The molecule has 5 heteroatoms. The maximum absolute atomic E-state index is 12.1. The minimum Gasteiger partial charge on any atom is -0.489 e. The number of aromatic carboxylic acids is 1. The van der Waals surface area contributed by atoms with Crippen LogP contribution in [0.15, 0.2) is 24.3 Å². The van der Waals surface area contributed by atoms with Crippen molar-refractivity contribution in [2.75, 3.05) is 26.3 Å². The number of ether oxygens (including phenoxy) is 1. The first-order chi connectivity index (χ1) is 9.19. The Morgan fingerprint density at radius 1 is 1.42 bits per heavy atom. The number of carboxylic acid groups (broad SMARTS) is 1. The van der Waals surface area contributed by atoms with Crippen LogP contribution in [0.2, 0.25) is 0 Å². The van der Waals surface area contributed by atoms with E-state index in [0.717, 1.165) is 26.1 Å². The number of likely N-dealkylation sites (tertiary alicyclic amines) is 1. The molecule has 0 aromatic heterocycles. The van der Waals surface area contributed by atoms with Crippen LogP contribution in [0.1, 0.15) is 23.2 Å². The maximum atomic E-state index is 12.1. The summed E-state index contributed by atoms with van der Waals surface area (Å²) < 4.78 is 17.9. The predicted octanol–water partition coefficient (Wildman–Crippen LogP) is 2.20. The van der Waals surface area contributed by atoms with Gasteiger partial charge in [-0.05, 0) is 37.1 Å². The Kier molecular flexibility index (Phi) is 4.74. The number of hydrogen-bond acceptors (Lipinski definition) is 3. The zero-order chi connectivity index (χ0) is 13.7. The van der Waals surface area contributed by atoms with Gasteiger partial charge < -0.3 is 9.84 Å². The summed E-state index contributed by atoms with van der Waals surface area (Å²) in [7, 11) is 0. The van der Waals surface area contributed by atoms with E-state index in [4.69, 9.17) is 9.84 Å². The van der Waals surface area contributed by atoms with Crippen molar-refractivity contribution < 1.29 is 19.0 Å². The second-order valence-electron chi connectivity index (χ2n) is 4.70. The molecule has 1 atom stereocenters. The van der Waals surface area contributed by atoms with Crippen LogP contribution < -0.4 is 4.74 Å². The smallest absolute Gasteiger partial charge is 0.335 e. The van der Waals surface area contributed by atoms with Gasteiger partial charge in [-0.25, -0.2) is 4.79 Å². The van der Waals surface area contributed by atoms with Crippen molar-refractivity contribution in [2.45, 2.75) is 18.9 Å². The van der Waals surface area contributed by atoms with Gasteiger partial charge in [0.05, 0.1) is 12.2 Å². The molecule has 19 heavy (non-hydrogen) atoms. The largest absolute Gasteiger partial charge is 0.489 e. The highest BCUT2D eigenvalue weighted by Crippen LogP contribution is 2.19. The number of hydrogen-bond donors (Lipinski definition) is 1. The summed E-state index contributed by atoms with van der Waals surface area (Å²) in [4.78, 5) is 12.9. The van der Waals surface area contributed by atoms with Crippen molar-refractivity contribution in [1.29, 1.82) is 0 Å². The molecule has 1 aromatic rings. The molecule has 1 unspecified atom stereocenters. The van der Waals surface area contributed by atoms with Crippen molar-refractivity contribution in [3.05, 3.63) is 29.8 Å². The maximum Gasteiger partial charge on any atom is 0.335 e. The Bertz CT molecular complexity index is 421. The van der Waals surface area contributed by atoms with E-state index in [2.05, 4.69) is 4.90 Å². The quantitative estimate of drug-likeness (QED) is 0.858. The first kappa shape index (κ1) is 13.8. The van der Waals surface area contributed by atoms with Crippen LogP contribution >= 0.6 is 0 Å². The van der Waals surface area contributed by atoms with E-state index in [1.54, 1.807) is 12.1 Å². The molecule has 2 rings (SSSR count). The number of carbonyl (C=O) groups is 1. The molecular formula is C14H18FNO3. The van der Waals surface area contributed by atoms with E-state index in [1.165, 1.54) is 12.1 Å². The van der Waals surface area contributed by atoms with Gasteiger partial charge in [0.25, 0.3) is 0 Å². The standard InChI is InChI=1S/C14H18FNO3/c15-7-1-8-16-9-6-13(10-16)19-12-4-2-11(3-5-12)14(17)18/h2-5,13H,1,6-10H2,(H,17,18). The van der Waals surface area contributed by atoms with E-state index in [9.17, 15) is 9.18 Å². The minimum absolute atomic E-state index is 0.107. The van der Waals surface area contributed by atoms with Gasteiger partial charge in [-0.1, -0.05) is 0 Å². The van der Waals surface area contributed by atoms with Crippen molar-refractivity contribution >= 4 is 5.97 Å². The van der Waals surface area contributed by atoms with E-state index in [-0.39, 0.29) is 18.3 Å². The van der Waals surface area contributed by atoms with E-state index < -0.39 is 5.97 Å². The molecule has 0 spiro atoms. The monoisotopic (exact) mass is 267 g/mol. The van der Waals surface area contributed by atoms with Crippen molar-refractivity contribution in [1.82, 2.24) is 4.90 Å². The number of alkyl halides is 1. The molecule has 1 saturated heterocycles. The second-order valence-corrected chi connectivity index (χ2v) is 4.70. The highest BCUT2D eigenvalue weighted by molar-refractivity contribution is 5.87. The molecule has 0 amide bonds. The van der Waals surface area contributed by atoms with Gasteiger partial charge in [-0.3, -0.25) is 9.29 Å². The van der Waals surface area contributed by atoms with Gasteiger partial charge in [0, 0.05) is 19.6 Å². The fourth-order valence-electron chi connectivity index (χ4n) is 2.25. The summed E-state index contributed by atoms with van der Waals surface area (Å²) in [5.74, 6) is -0.257. The molecular weight excluding hydrogens is 249 g/mol. The van der Waals surface area contributed by atoms with E-state index in [1.807, 2.05) is 0 Å². The Morgan fingerprint density at radius 2 is 2.16 bits per heavy atom. The summed E-state index contributed by atoms with van der Waals surface area (Å²) in [6.07, 6.45) is 1.60. The van der Waals surface area contributed by atoms with Gasteiger partial charge in [0.15, 0.2) is 0 Å². The third-order valence-corrected chi connectivity index (χ3v) is 3.24. The molecule has 1 fully saturated rings. The molecule has 104 valence electrons. The van der Waals surface area contributed by atoms with Crippen LogP contribution in [0.4, 0.5) is 4.39 Å². The molecule has 1 heterocycles. The average molecular weight is 267 g/mol. The summed E-state index contributed by atoms with van der Waals surface area (Å²) in [5.41, 5.74) is 0.253. The van der Waals surface area contributed by atoms with Crippen LogP contribution in [0, 0.1) is 0 Å². The average Bonchev–Trinajstić information content (AvgIpc) is 2.84. The van der Waals surface area contributed by atoms with Gasteiger partial charge >= 0.3 is 5.97 Å². The molecule has 1 aliphatic heterocycles. The van der Waals surface area contributed by atoms with Crippen molar-refractivity contribution in [3.63, 3.8) is 0 Å². The first-order valence-electron chi connectivity index (χ1n) is 6.47. The van der Waals surface area contributed by atoms with Gasteiger partial charge in [-0.2, -0.15) is 0 Å². The van der Waals surface area contributed by atoms with Crippen LogP contribution in [-0.2, 0) is 0 Å². The third-order valence-electron chi connectivity index (χ3n) is 3.24. The van der Waals surface area contributed by atoms with Gasteiger partial charge in [0.1, 0.15) is 11.9 Å². The lowest BCUT2D eigenvalue weighted by atomic mass is 10.2. The summed E-state index contributed by atoms with van der Waals surface area (Å²) in [6, 6.07) is 6.42. The Labute approximate surface area is 111 Å². The van der Waals surface area contributed by atoms with Crippen LogP contribution in [0.3, 0.4) is 0 Å². The Hall–Kier alpha value is -1.62. The van der Waals surface area contributed by atoms with Gasteiger partial charge in [0.2, 0.25) is 0 Å². The normalized spacial score (nSPS) is 19.5. The lowest BCUT2D eigenvalue weighted by Crippen LogP contribution is -2.26. The molecule has 0 aliphatic carbocycles. The van der Waals surface area contributed by atoms with Crippen molar-refractivity contribution in [2.24, 2.45) is 0 Å². The fourth-order valence-corrected chi connectivity index (χ4v) is 2.25. The highest BCUT2D eigenvalue weighted by atomic mass is 19.1. The number of halogens is 1. The Morgan fingerprint density at radius 3 is 2.79 bits per heavy atom. The van der Waals surface area contributed by atoms with E-state index >= 15 is 0 Å². The van der Waals surface area contributed by atoms with Crippen LogP contribution in [0.5, 0.6) is 5.75 Å². The number of carboxylic acids is 1. The summed E-state index contributed by atoms with van der Waals surface area (Å²) >= 11 is 0. The Balaban J connectivity index is 1.83. The molecule has 0 bridgehead atoms. The summed E-state index contributed by atoms with van der Waals surface area (Å²) in [6.45, 7) is 2.23. The second kappa shape index (κ2) is 6.52. The third kappa shape index (κ3) is 3.92. The number of nitrogens with zero attached hydrogens (tertiary/aromatic N) is 1. The number of rotatable bonds is 6. The topological polar surface area (TPSA) is 49.8 Å². The highest BCUT2D eigenvalue weighted by Gasteiger charge is 2.23. The summed E-state index contributed by atoms with van der Waals surface area (Å²) in [5, 5.41) is 8.80. The zero-order valence-electron chi connectivity index (χ0n) is 10.7. The lowest BCUT2D eigenvalue weighted by molar-refractivity contribution is 0.0697. The van der Waals surface area contributed by atoms with Crippen LogP contribution in [0.25, 0.3) is 0 Å². The minimum atomic E-state index is -0.940. The SMILES string of the molecule is O=C(O)c1ccc(OC2CCN(CCCF)C2)cc1.